The van der Waals surface area contributed by atoms with Crippen molar-refractivity contribution in [3.8, 4) is 5.75 Å². The fourth-order valence-corrected chi connectivity index (χ4v) is 4.83. The van der Waals surface area contributed by atoms with Crippen molar-refractivity contribution in [2.45, 2.75) is 0 Å². The van der Waals surface area contributed by atoms with Crippen LogP contribution in [0.1, 0.15) is 16.7 Å². The first-order valence-corrected chi connectivity index (χ1v) is 12.2. The molecule has 0 aliphatic rings. The molecular weight excluding hydrogens is 480 g/mol. The molecule has 186 valence electrons. The Morgan fingerprint density at radius 2 is 1.00 bits per heavy atom. The van der Waals surface area contributed by atoms with E-state index in [1.54, 1.807) is 43.5 Å². The Morgan fingerprint density at radius 1 is 0.526 bits per heavy atom. The number of ether oxygens (including phenoxy) is 1. The van der Waals surface area contributed by atoms with Crippen LogP contribution >= 0.6 is 0 Å². The van der Waals surface area contributed by atoms with E-state index in [1.165, 1.54) is 36.4 Å². The van der Waals surface area contributed by atoms with E-state index in [2.05, 4.69) is 0 Å². The fourth-order valence-electron chi connectivity index (χ4n) is 4.83. The van der Waals surface area contributed by atoms with Gasteiger partial charge in [0.15, 0.2) is 0 Å². The Labute approximate surface area is 220 Å². The van der Waals surface area contributed by atoms with Crippen molar-refractivity contribution in [3.63, 3.8) is 0 Å². The molecule has 0 saturated heterocycles. The lowest BCUT2D eigenvalue weighted by atomic mass is 9.34. The first-order valence-electron chi connectivity index (χ1n) is 12.2. The molecule has 5 rings (SSSR count). The molecule has 0 aliphatic carbocycles. The summed E-state index contributed by atoms with van der Waals surface area (Å²) in [5.74, 6) is -0.395. The van der Waals surface area contributed by atoms with Crippen LogP contribution in [-0.2, 0) is 0 Å². The van der Waals surface area contributed by atoms with Gasteiger partial charge in [0.05, 0.1) is 7.11 Å². The molecule has 0 amide bonds. The van der Waals surface area contributed by atoms with Gasteiger partial charge in [0, 0.05) is 5.56 Å². The topological polar surface area (TPSA) is 9.23 Å². The molecule has 5 heteroatoms. The summed E-state index contributed by atoms with van der Waals surface area (Å²) in [6, 6.07) is 36.5. The molecule has 0 N–H and O–H groups in total. The first kappa shape index (κ1) is 25.2. The number of benzene rings is 5. The molecule has 0 aromatic heterocycles. The van der Waals surface area contributed by atoms with Gasteiger partial charge in [0.25, 0.3) is 0 Å². The van der Waals surface area contributed by atoms with Gasteiger partial charge in [0.2, 0.25) is 6.71 Å². The molecule has 0 spiro atoms. The molecule has 0 unspecified atom stereocenters. The van der Waals surface area contributed by atoms with Gasteiger partial charge in [-0.2, -0.15) is 0 Å². The Kier molecular flexibility index (Phi) is 7.46. The first-order chi connectivity index (χ1) is 18.5. The zero-order valence-corrected chi connectivity index (χ0v) is 20.7. The van der Waals surface area contributed by atoms with Crippen LogP contribution in [0.4, 0.5) is 13.2 Å². The number of rotatable bonds is 7. The van der Waals surface area contributed by atoms with Gasteiger partial charge in [-0.3, -0.25) is 0 Å². The highest BCUT2D eigenvalue weighted by Crippen LogP contribution is 2.38. The van der Waals surface area contributed by atoms with Crippen LogP contribution in [0.5, 0.6) is 5.75 Å². The van der Waals surface area contributed by atoms with Gasteiger partial charge in [-0.25, -0.2) is 13.2 Å². The second-order valence-electron chi connectivity index (χ2n) is 8.90. The average Bonchev–Trinajstić information content (AvgIpc) is 2.96. The van der Waals surface area contributed by atoms with Gasteiger partial charge < -0.3 is 4.74 Å². The maximum Gasteiger partial charge on any atom is 0.242 e. The smallest absolute Gasteiger partial charge is 0.242 e. The summed E-state index contributed by atoms with van der Waals surface area (Å²) in [7, 11) is 1.62. The third-order valence-electron chi connectivity index (χ3n) is 6.56. The molecule has 5 aromatic rings. The molecule has 0 radical (unpaired) electrons. The molecule has 1 nitrogen and oxygen atoms in total. The highest BCUT2D eigenvalue weighted by molar-refractivity contribution is 7.00. The molecular formula is C33H24BF3O. The maximum atomic E-state index is 14.1. The predicted molar refractivity (Wildman–Crippen MR) is 150 cm³/mol. The van der Waals surface area contributed by atoms with Crippen molar-refractivity contribution >= 4 is 28.7 Å². The predicted octanol–water partition coefficient (Wildman–Crippen LogP) is 6.92. The van der Waals surface area contributed by atoms with E-state index >= 15 is 0 Å². The van der Waals surface area contributed by atoms with Crippen LogP contribution < -0.4 is 15.7 Å². The lowest BCUT2D eigenvalue weighted by Crippen LogP contribution is -2.44. The fraction of sp³-hybridized carbons (Fsp3) is 0.0303. The minimum Gasteiger partial charge on any atom is -0.496 e. The second kappa shape index (κ2) is 11.3. The number of hydrogen-bond donors (Lipinski definition) is 0. The summed E-state index contributed by atoms with van der Waals surface area (Å²) in [4.78, 5) is 0. The normalized spacial score (nSPS) is 11.6. The number of halogens is 3. The van der Waals surface area contributed by atoms with E-state index in [9.17, 15) is 13.2 Å². The number of para-hydroxylation sites is 1. The highest BCUT2D eigenvalue weighted by atomic mass is 19.1. The summed E-state index contributed by atoms with van der Waals surface area (Å²) in [5.41, 5.74) is 5.86. The van der Waals surface area contributed by atoms with Crippen LogP contribution in [0.2, 0.25) is 0 Å². The number of hydrogen-bond acceptors (Lipinski definition) is 1. The third-order valence-corrected chi connectivity index (χ3v) is 6.56. The molecule has 0 saturated carbocycles. The van der Waals surface area contributed by atoms with Crippen LogP contribution in [-0.4, -0.2) is 13.8 Å². The Bertz CT molecular complexity index is 1500. The molecule has 0 fully saturated rings. The van der Waals surface area contributed by atoms with Crippen LogP contribution in [0, 0.1) is 17.5 Å². The van der Waals surface area contributed by atoms with Crippen molar-refractivity contribution in [1.82, 2.24) is 0 Å². The van der Waals surface area contributed by atoms with Gasteiger partial charge in [-0.1, -0.05) is 101 Å². The monoisotopic (exact) mass is 504 g/mol. The quantitative estimate of drug-likeness (QED) is 0.173. The minimum absolute atomic E-state index is 0.355. The van der Waals surface area contributed by atoms with Gasteiger partial charge in [0.1, 0.15) is 23.2 Å². The van der Waals surface area contributed by atoms with Crippen molar-refractivity contribution in [2.24, 2.45) is 0 Å². The van der Waals surface area contributed by atoms with Crippen LogP contribution in [0.15, 0.2) is 127 Å². The number of methoxy groups -OCH3 is 1. The van der Waals surface area contributed by atoms with E-state index in [4.69, 9.17) is 4.74 Å². The standard InChI is InChI=1S/C33H24BF3O/c1-38-31-10-6-5-9-30(31)32(23-7-3-2-4-8-23)33(24-11-17-27(35)18-12-24)34(25-13-19-28(36)20-14-25)26-15-21-29(37)22-16-26/h2-22H,1H3/b33-32-. The summed E-state index contributed by atoms with van der Waals surface area (Å²) < 4.78 is 48.0. The Hall–Kier alpha value is -4.51. The van der Waals surface area contributed by atoms with E-state index in [0.29, 0.717) is 5.75 Å². The van der Waals surface area contributed by atoms with Crippen LogP contribution in [0.3, 0.4) is 0 Å². The van der Waals surface area contributed by atoms with E-state index in [-0.39, 0.29) is 17.5 Å². The van der Waals surface area contributed by atoms with Crippen molar-refractivity contribution in [2.75, 3.05) is 7.11 Å². The minimum atomic E-state index is -0.443. The summed E-state index contributed by atoms with van der Waals surface area (Å²) >= 11 is 0. The summed E-state index contributed by atoms with van der Waals surface area (Å²) in [5, 5.41) is 0. The molecule has 0 bridgehead atoms. The van der Waals surface area contributed by atoms with Gasteiger partial charge >= 0.3 is 0 Å². The van der Waals surface area contributed by atoms with Gasteiger partial charge in [-0.15, -0.1) is 0 Å². The molecule has 0 atom stereocenters. The average molecular weight is 504 g/mol. The molecule has 0 heterocycles. The summed E-state index contributed by atoms with van der Waals surface area (Å²) in [6.07, 6.45) is 0. The van der Waals surface area contributed by atoms with E-state index < -0.39 is 6.71 Å². The third kappa shape index (κ3) is 5.28. The van der Waals surface area contributed by atoms with Crippen molar-refractivity contribution in [3.05, 3.63) is 162 Å². The Morgan fingerprint density at radius 3 is 1.53 bits per heavy atom. The molecule has 5 aromatic carbocycles. The summed E-state index contributed by atoms with van der Waals surface area (Å²) in [6.45, 7) is -0.443. The van der Waals surface area contributed by atoms with Crippen molar-refractivity contribution in [1.29, 1.82) is 0 Å². The second-order valence-corrected chi connectivity index (χ2v) is 8.90. The van der Waals surface area contributed by atoms with Crippen molar-refractivity contribution < 1.29 is 17.9 Å². The largest absolute Gasteiger partial charge is 0.496 e. The molecule has 0 aliphatic heterocycles. The maximum absolute atomic E-state index is 14.1. The Balaban J connectivity index is 1.94. The van der Waals surface area contributed by atoms with E-state index in [0.717, 1.165) is 38.7 Å². The zero-order valence-electron chi connectivity index (χ0n) is 20.7. The van der Waals surface area contributed by atoms with Gasteiger partial charge in [-0.05, 0) is 59.2 Å². The highest BCUT2D eigenvalue weighted by Gasteiger charge is 2.30. The molecule has 38 heavy (non-hydrogen) atoms. The lowest BCUT2D eigenvalue weighted by Gasteiger charge is -2.25. The SMILES string of the molecule is COc1ccccc1/C(=C(\B(c1ccc(F)cc1)c1ccc(F)cc1)c1ccc(F)cc1)c1ccccc1. The van der Waals surface area contributed by atoms with Crippen LogP contribution in [0.25, 0.3) is 11.0 Å². The zero-order chi connectivity index (χ0) is 26.5. The van der Waals surface area contributed by atoms with E-state index in [1.807, 2.05) is 54.6 Å². The lowest BCUT2D eigenvalue weighted by molar-refractivity contribution is 0.413.